The number of ketones is 1. The summed E-state index contributed by atoms with van der Waals surface area (Å²) in [7, 11) is 1.55. The molecule has 0 radical (unpaired) electrons. The smallest absolute Gasteiger partial charge is 0.407 e. The fourth-order valence-corrected chi connectivity index (χ4v) is 5.67. The maximum Gasteiger partial charge on any atom is 0.407 e. The SMILES string of the molecule is CC(=O)C1(c2ccccc2)CCN(C[C@@H]2C[C@@H]2c2ccc(Cl)cc2)CC1.CN(Cc1ccccc1)C(=O)O. The van der Waals surface area contributed by atoms with Gasteiger partial charge in [-0.05, 0) is 79.9 Å². The van der Waals surface area contributed by atoms with Crippen molar-refractivity contribution in [1.29, 1.82) is 0 Å². The highest BCUT2D eigenvalue weighted by Gasteiger charge is 2.43. The Labute approximate surface area is 231 Å². The first-order chi connectivity index (χ1) is 18.3. The first kappa shape index (κ1) is 27.9. The Bertz CT molecular complexity index is 1190. The van der Waals surface area contributed by atoms with Gasteiger partial charge in [0.25, 0.3) is 0 Å². The first-order valence-electron chi connectivity index (χ1n) is 13.3. The molecule has 1 aliphatic heterocycles. The summed E-state index contributed by atoms with van der Waals surface area (Å²) in [6.07, 6.45) is 2.24. The van der Waals surface area contributed by atoms with Gasteiger partial charge < -0.3 is 14.9 Å². The Balaban J connectivity index is 0.000000236. The number of benzene rings is 3. The van der Waals surface area contributed by atoms with Crippen molar-refractivity contribution < 1.29 is 14.7 Å². The number of amides is 1. The molecular formula is C32H37ClN2O3. The van der Waals surface area contributed by atoms with Crippen molar-refractivity contribution in [3.05, 3.63) is 107 Å². The number of rotatable bonds is 7. The summed E-state index contributed by atoms with van der Waals surface area (Å²) in [4.78, 5) is 26.7. The number of halogens is 1. The topological polar surface area (TPSA) is 60.9 Å². The summed E-state index contributed by atoms with van der Waals surface area (Å²) < 4.78 is 0. The summed E-state index contributed by atoms with van der Waals surface area (Å²) in [5.41, 5.74) is 3.33. The van der Waals surface area contributed by atoms with Crippen LogP contribution in [0, 0.1) is 5.92 Å². The van der Waals surface area contributed by atoms with Gasteiger partial charge >= 0.3 is 6.09 Å². The highest BCUT2D eigenvalue weighted by atomic mass is 35.5. The summed E-state index contributed by atoms with van der Waals surface area (Å²) in [6.45, 7) is 5.38. The number of Topliss-reactive ketones (excluding diaryl/α,β-unsaturated/α-hetero) is 1. The van der Waals surface area contributed by atoms with E-state index >= 15 is 0 Å². The highest BCUT2D eigenvalue weighted by Crippen LogP contribution is 2.48. The van der Waals surface area contributed by atoms with Gasteiger partial charge in [0.2, 0.25) is 0 Å². The molecule has 0 bridgehead atoms. The van der Waals surface area contributed by atoms with E-state index < -0.39 is 6.09 Å². The monoisotopic (exact) mass is 532 g/mol. The molecule has 0 aromatic heterocycles. The second-order valence-electron chi connectivity index (χ2n) is 10.6. The van der Waals surface area contributed by atoms with Crippen molar-refractivity contribution >= 4 is 23.5 Å². The van der Waals surface area contributed by atoms with Crippen LogP contribution in [0.4, 0.5) is 4.79 Å². The maximum absolute atomic E-state index is 12.5. The normalized spacial score (nSPS) is 20.1. The van der Waals surface area contributed by atoms with Crippen molar-refractivity contribution in [2.24, 2.45) is 5.92 Å². The number of carboxylic acid groups (broad SMARTS) is 1. The summed E-state index contributed by atoms with van der Waals surface area (Å²) >= 11 is 6.00. The largest absolute Gasteiger partial charge is 0.465 e. The fourth-order valence-electron chi connectivity index (χ4n) is 5.54. The third-order valence-corrected chi connectivity index (χ3v) is 8.26. The van der Waals surface area contributed by atoms with E-state index in [1.807, 2.05) is 60.7 Å². The second kappa shape index (κ2) is 12.6. The van der Waals surface area contributed by atoms with Crippen LogP contribution >= 0.6 is 11.6 Å². The van der Waals surface area contributed by atoms with Crippen molar-refractivity contribution in [2.45, 2.75) is 44.1 Å². The molecule has 1 saturated carbocycles. The number of carbonyl (C=O) groups is 2. The van der Waals surface area contributed by atoms with Crippen LogP contribution in [-0.2, 0) is 16.8 Å². The summed E-state index contributed by atoms with van der Waals surface area (Å²) in [5, 5.41) is 9.38. The predicted molar refractivity (Wildman–Crippen MR) is 153 cm³/mol. The number of nitrogens with zero attached hydrogens (tertiary/aromatic N) is 2. The molecule has 1 amide bonds. The Morgan fingerprint density at radius 3 is 2.08 bits per heavy atom. The van der Waals surface area contributed by atoms with Gasteiger partial charge in [-0.15, -0.1) is 0 Å². The minimum atomic E-state index is -0.904. The van der Waals surface area contributed by atoms with E-state index in [1.165, 1.54) is 22.4 Å². The number of carbonyl (C=O) groups excluding carboxylic acids is 1. The highest BCUT2D eigenvalue weighted by molar-refractivity contribution is 6.30. The lowest BCUT2D eigenvalue weighted by Gasteiger charge is -2.40. The van der Waals surface area contributed by atoms with E-state index in [2.05, 4.69) is 29.2 Å². The number of piperidine rings is 1. The van der Waals surface area contributed by atoms with Crippen LogP contribution in [0.15, 0.2) is 84.9 Å². The van der Waals surface area contributed by atoms with Crippen LogP contribution in [0.2, 0.25) is 5.02 Å². The van der Waals surface area contributed by atoms with Crippen LogP contribution in [-0.4, -0.2) is 53.5 Å². The molecular weight excluding hydrogens is 496 g/mol. The van der Waals surface area contributed by atoms with Gasteiger partial charge in [0, 0.05) is 25.2 Å². The van der Waals surface area contributed by atoms with Gasteiger partial charge in [0.1, 0.15) is 5.78 Å². The zero-order valence-electron chi connectivity index (χ0n) is 22.2. The second-order valence-corrected chi connectivity index (χ2v) is 11.0. The van der Waals surface area contributed by atoms with Gasteiger partial charge in [-0.1, -0.05) is 84.4 Å². The quantitative estimate of drug-likeness (QED) is 0.361. The Hall–Kier alpha value is -3.15. The number of hydrogen-bond acceptors (Lipinski definition) is 3. The van der Waals surface area contributed by atoms with Gasteiger partial charge in [-0.3, -0.25) is 4.79 Å². The van der Waals surface area contributed by atoms with Crippen LogP contribution in [0.1, 0.15) is 48.8 Å². The molecule has 1 N–H and O–H groups in total. The summed E-state index contributed by atoms with van der Waals surface area (Å²) in [5.74, 6) is 1.74. The average Bonchev–Trinajstić information content (AvgIpc) is 3.70. The van der Waals surface area contributed by atoms with E-state index in [0.717, 1.165) is 49.0 Å². The lowest BCUT2D eigenvalue weighted by Crippen LogP contribution is -2.47. The van der Waals surface area contributed by atoms with E-state index in [-0.39, 0.29) is 5.41 Å². The van der Waals surface area contributed by atoms with E-state index in [0.29, 0.717) is 18.2 Å². The van der Waals surface area contributed by atoms with Gasteiger partial charge in [-0.25, -0.2) is 4.79 Å². The standard InChI is InChI=1S/C23H26ClNO.C9H11NO2/c1-17(26)23(20-5-3-2-4-6-20)11-13-25(14-12-23)16-19-15-22(19)18-7-9-21(24)10-8-18;1-10(9(11)12)7-8-5-3-2-4-6-8/h2-10,19,22H,11-16H2,1H3;2-6H,7H2,1H3,(H,11,12)/t19-,22+;/m0./s1. The predicted octanol–water partition coefficient (Wildman–Crippen LogP) is 6.86. The molecule has 200 valence electrons. The molecule has 0 spiro atoms. The van der Waals surface area contributed by atoms with Gasteiger partial charge in [-0.2, -0.15) is 0 Å². The molecule has 2 aliphatic rings. The number of hydrogen-bond donors (Lipinski definition) is 1. The molecule has 38 heavy (non-hydrogen) atoms. The van der Waals surface area contributed by atoms with Gasteiger partial charge in [0.05, 0.1) is 5.41 Å². The molecule has 1 aliphatic carbocycles. The lowest BCUT2D eigenvalue weighted by molar-refractivity contribution is -0.124. The van der Waals surface area contributed by atoms with Gasteiger partial charge in [0.15, 0.2) is 0 Å². The molecule has 2 fully saturated rings. The lowest BCUT2D eigenvalue weighted by atomic mass is 9.70. The molecule has 0 unspecified atom stereocenters. The molecule has 5 nitrogen and oxygen atoms in total. The fraction of sp³-hybridized carbons (Fsp3) is 0.375. The van der Waals surface area contributed by atoms with E-state index in [4.69, 9.17) is 16.7 Å². The molecule has 6 heteroatoms. The van der Waals surface area contributed by atoms with Crippen molar-refractivity contribution in [2.75, 3.05) is 26.7 Å². The minimum absolute atomic E-state index is 0.281. The zero-order chi connectivity index (χ0) is 27.1. The van der Waals surface area contributed by atoms with Crippen LogP contribution < -0.4 is 0 Å². The summed E-state index contributed by atoms with van der Waals surface area (Å²) in [6, 6.07) is 28.2. The van der Waals surface area contributed by atoms with E-state index in [9.17, 15) is 9.59 Å². The van der Waals surface area contributed by atoms with E-state index in [1.54, 1.807) is 14.0 Å². The van der Waals surface area contributed by atoms with Crippen LogP contribution in [0.25, 0.3) is 0 Å². The first-order valence-corrected chi connectivity index (χ1v) is 13.7. The Morgan fingerprint density at radius 1 is 0.947 bits per heavy atom. The molecule has 1 saturated heterocycles. The van der Waals surface area contributed by atoms with Crippen molar-refractivity contribution in [3.63, 3.8) is 0 Å². The van der Waals surface area contributed by atoms with Crippen LogP contribution in [0.5, 0.6) is 0 Å². The Morgan fingerprint density at radius 2 is 1.53 bits per heavy atom. The minimum Gasteiger partial charge on any atom is -0.465 e. The molecule has 3 aromatic rings. The zero-order valence-corrected chi connectivity index (χ0v) is 23.0. The van der Waals surface area contributed by atoms with Crippen molar-refractivity contribution in [1.82, 2.24) is 9.80 Å². The van der Waals surface area contributed by atoms with Crippen LogP contribution in [0.3, 0.4) is 0 Å². The molecule has 5 rings (SSSR count). The van der Waals surface area contributed by atoms with Crippen molar-refractivity contribution in [3.8, 4) is 0 Å². The Kier molecular flexibility index (Phi) is 9.24. The molecule has 2 atom stereocenters. The maximum atomic E-state index is 12.5. The average molecular weight is 533 g/mol. The molecule has 1 heterocycles. The third kappa shape index (κ3) is 7.03. The molecule has 3 aromatic carbocycles. The third-order valence-electron chi connectivity index (χ3n) is 8.01. The number of likely N-dealkylation sites (tertiary alicyclic amines) is 1.